The summed E-state index contributed by atoms with van der Waals surface area (Å²) in [6.45, 7) is -3.02. The molecule has 0 saturated heterocycles. The van der Waals surface area contributed by atoms with E-state index in [1.165, 1.54) is 0 Å². The van der Waals surface area contributed by atoms with E-state index in [4.69, 9.17) is 0 Å². The van der Waals surface area contributed by atoms with Crippen molar-refractivity contribution < 1.29 is 22.3 Å². The molecule has 0 spiro atoms. The van der Waals surface area contributed by atoms with Crippen LogP contribution in [0.15, 0.2) is 0 Å². The molecule has 0 bridgehead atoms. The Morgan fingerprint density at radius 3 is 2.00 bits per heavy atom. The highest BCUT2D eigenvalue weighted by Crippen LogP contribution is 2.47. The van der Waals surface area contributed by atoms with E-state index in [0.717, 1.165) is 20.3 Å². The molecule has 0 rings (SSSR count). The molecule has 6 nitrogen and oxygen atoms in total. The molecule has 8 heteroatoms. The third kappa shape index (κ3) is 2.58. The fourth-order valence-corrected chi connectivity index (χ4v) is 3.07. The van der Waals surface area contributed by atoms with Crippen molar-refractivity contribution >= 4 is 22.1 Å². The Morgan fingerprint density at radius 2 is 1.92 bits per heavy atom. The Hall–Kier alpha value is -0.390. The van der Waals surface area contributed by atoms with Crippen molar-refractivity contribution in [3.63, 3.8) is 0 Å². The van der Waals surface area contributed by atoms with E-state index in [0.29, 0.717) is 0 Å². The first-order chi connectivity index (χ1) is 5.23. The highest BCUT2D eigenvalue weighted by Gasteiger charge is 2.35. The van der Waals surface area contributed by atoms with Crippen molar-refractivity contribution in [2.75, 3.05) is 13.4 Å². The molecule has 0 aliphatic rings. The third-order valence-corrected chi connectivity index (χ3v) is 6.25. The number of nitrogens with one attached hydrogen (secondary N) is 1. The van der Waals surface area contributed by atoms with Crippen molar-refractivity contribution in [2.45, 2.75) is 6.92 Å². The topological polar surface area (TPSA) is 89.5 Å². The van der Waals surface area contributed by atoms with Crippen molar-refractivity contribution in [1.29, 1.82) is 0 Å². The van der Waals surface area contributed by atoms with Crippen LogP contribution in [0.3, 0.4) is 0 Å². The van der Waals surface area contributed by atoms with Gasteiger partial charge in [0.15, 0.2) is 0 Å². The Labute approximate surface area is 70.5 Å². The van der Waals surface area contributed by atoms with Crippen LogP contribution in [0.5, 0.6) is 0 Å². The first-order valence-electron chi connectivity index (χ1n) is 2.88. The van der Waals surface area contributed by atoms with Gasteiger partial charge in [0, 0.05) is 20.3 Å². The molecule has 72 valence electrons. The summed E-state index contributed by atoms with van der Waals surface area (Å²) in [7, 11) is -2.95. The molecule has 1 N–H and O–H groups in total. The number of hydrogen-bond donors (Lipinski definition) is 1. The third-order valence-electron chi connectivity index (χ3n) is 0.971. The van der Waals surface area contributed by atoms with Gasteiger partial charge in [-0.1, -0.05) is 0 Å². The number of carbonyl (C=O) groups is 1. The molecule has 0 saturated carbocycles. The van der Waals surface area contributed by atoms with E-state index in [1.54, 1.807) is 5.09 Å². The maximum absolute atomic E-state index is 11.3. The quantitative estimate of drug-likeness (QED) is 0.665. The van der Waals surface area contributed by atoms with E-state index in [9.17, 15) is 17.8 Å². The van der Waals surface area contributed by atoms with Crippen LogP contribution in [0.25, 0.3) is 0 Å². The number of carbonyl (C=O) groups excluding carboxylic acids is 1. The van der Waals surface area contributed by atoms with E-state index in [2.05, 4.69) is 4.52 Å². The van der Waals surface area contributed by atoms with Gasteiger partial charge in [0.05, 0.1) is 0 Å². The predicted molar refractivity (Wildman–Crippen MR) is 43.3 cm³/mol. The Kier molecular flexibility index (Phi) is 3.44. The van der Waals surface area contributed by atoms with Gasteiger partial charge in [-0.05, 0) is 0 Å². The van der Waals surface area contributed by atoms with Gasteiger partial charge in [-0.2, -0.15) is 0 Å². The van der Waals surface area contributed by atoms with Gasteiger partial charge in [0.1, 0.15) is 0 Å². The van der Waals surface area contributed by atoms with Crippen LogP contribution in [0.1, 0.15) is 6.92 Å². The van der Waals surface area contributed by atoms with Crippen molar-refractivity contribution in [3.8, 4) is 0 Å². The summed E-state index contributed by atoms with van der Waals surface area (Å²) in [5, 5.41) is 1.75. The van der Waals surface area contributed by atoms with Crippen molar-refractivity contribution in [1.82, 2.24) is 5.09 Å². The lowest BCUT2D eigenvalue weighted by Gasteiger charge is -2.13. The van der Waals surface area contributed by atoms with E-state index in [1.807, 2.05) is 0 Å². The Morgan fingerprint density at radius 1 is 1.50 bits per heavy atom. The lowest BCUT2D eigenvalue weighted by molar-refractivity contribution is -0.117. The van der Waals surface area contributed by atoms with E-state index >= 15 is 0 Å². The first-order valence-corrected chi connectivity index (χ1v) is 7.00. The smallest absolute Gasteiger partial charge is 0.306 e. The van der Waals surface area contributed by atoms with Crippen LogP contribution in [0, 0.1) is 0 Å². The van der Waals surface area contributed by atoms with Gasteiger partial charge in [-0.25, -0.2) is 8.42 Å². The normalized spacial score (nSPS) is 16.6. The maximum Gasteiger partial charge on any atom is 0.408 e. The zero-order valence-electron chi connectivity index (χ0n) is 6.90. The minimum atomic E-state index is -4.07. The van der Waals surface area contributed by atoms with Crippen molar-refractivity contribution in [2.24, 2.45) is 0 Å². The molecule has 1 amide bonds. The van der Waals surface area contributed by atoms with Gasteiger partial charge in [-0.15, -0.1) is 0 Å². The second-order valence-electron chi connectivity index (χ2n) is 2.08. The van der Waals surface area contributed by atoms with Crippen LogP contribution in [-0.4, -0.2) is 27.7 Å². The number of amides is 1. The van der Waals surface area contributed by atoms with Crippen LogP contribution < -0.4 is 5.09 Å². The SMILES string of the molecule is COP(=O)(NC(C)=O)S(C)(=O)=O. The molecule has 0 fully saturated rings. The molecule has 1 atom stereocenters. The molecular weight excluding hydrogens is 205 g/mol. The minimum absolute atomic E-state index is 0.717. The predicted octanol–water partition coefficient (Wildman–Crippen LogP) is -0.0784. The average Bonchev–Trinajstić information content (AvgIpc) is 1.83. The van der Waals surface area contributed by atoms with Crippen LogP contribution >= 0.6 is 6.72 Å². The zero-order chi connectivity index (χ0) is 9.99. The fourth-order valence-electron chi connectivity index (χ4n) is 0.457. The number of rotatable bonds is 3. The van der Waals surface area contributed by atoms with Gasteiger partial charge in [0.2, 0.25) is 15.4 Å². The largest absolute Gasteiger partial charge is 0.408 e. The molecule has 1 unspecified atom stereocenters. The second kappa shape index (κ2) is 3.55. The molecule has 0 aliphatic heterocycles. The van der Waals surface area contributed by atoms with E-state index in [-0.39, 0.29) is 0 Å². The van der Waals surface area contributed by atoms with Crippen LogP contribution in [0.2, 0.25) is 0 Å². The Balaban J connectivity index is 4.97. The maximum atomic E-state index is 11.3. The summed E-state index contributed by atoms with van der Waals surface area (Å²) in [6.07, 6.45) is 0.729. The molecule has 0 radical (unpaired) electrons. The van der Waals surface area contributed by atoms with Crippen molar-refractivity contribution in [3.05, 3.63) is 0 Å². The van der Waals surface area contributed by atoms with E-state index < -0.39 is 22.1 Å². The molecule has 12 heavy (non-hydrogen) atoms. The fraction of sp³-hybridized carbons (Fsp3) is 0.750. The van der Waals surface area contributed by atoms with Gasteiger partial charge >= 0.3 is 6.72 Å². The van der Waals surface area contributed by atoms with Gasteiger partial charge in [-0.3, -0.25) is 14.4 Å². The second-order valence-corrected chi connectivity index (χ2v) is 8.56. The molecule has 0 aromatic heterocycles. The highest BCUT2D eigenvalue weighted by atomic mass is 32.8. The molecule has 0 heterocycles. The molecule has 0 aromatic carbocycles. The number of hydrogen-bond acceptors (Lipinski definition) is 5. The minimum Gasteiger partial charge on any atom is -0.306 e. The van der Waals surface area contributed by atoms with Gasteiger partial charge in [0.25, 0.3) is 0 Å². The average molecular weight is 215 g/mol. The summed E-state index contributed by atoms with van der Waals surface area (Å²) in [4.78, 5) is 10.4. The van der Waals surface area contributed by atoms with Gasteiger partial charge < -0.3 is 4.52 Å². The molecule has 0 aromatic rings. The molecule has 0 aliphatic carbocycles. The monoisotopic (exact) mass is 215 g/mol. The van der Waals surface area contributed by atoms with Crippen LogP contribution in [0.4, 0.5) is 0 Å². The lowest BCUT2D eigenvalue weighted by atomic mass is 10.8. The summed E-state index contributed by atoms with van der Waals surface area (Å²) in [6, 6.07) is 0. The Bertz CT molecular complexity index is 320. The highest BCUT2D eigenvalue weighted by molar-refractivity contribution is 8.50. The standard InChI is InChI=1S/C4H10NO5PS/c1-4(6)5-11(7,10-2)12(3,8)9/h1-3H3,(H,5,6,7). The summed E-state index contributed by atoms with van der Waals surface area (Å²) in [5.74, 6) is -0.717. The summed E-state index contributed by atoms with van der Waals surface area (Å²) in [5.41, 5.74) is 0. The first kappa shape index (κ1) is 11.6. The summed E-state index contributed by atoms with van der Waals surface area (Å²) < 4.78 is 37.2. The lowest BCUT2D eigenvalue weighted by Crippen LogP contribution is -2.21. The molecular formula is C4H10NO5PS. The van der Waals surface area contributed by atoms with Crippen LogP contribution in [-0.2, 0) is 23.3 Å². The zero-order valence-corrected chi connectivity index (χ0v) is 8.61. The summed E-state index contributed by atoms with van der Waals surface area (Å²) >= 11 is 0.